The molecule has 2 aromatic heterocycles. The zero-order valence-corrected chi connectivity index (χ0v) is 16.3. The minimum absolute atomic E-state index is 0.0934. The third kappa shape index (κ3) is 4.07. The van der Waals surface area contributed by atoms with Crippen LogP contribution >= 0.6 is 11.8 Å². The van der Waals surface area contributed by atoms with Crippen LogP contribution in [0, 0.1) is 5.82 Å². The normalized spacial score (nSPS) is 10.8. The van der Waals surface area contributed by atoms with E-state index < -0.39 is 5.82 Å². The number of nitrogens with zero attached hydrogens (tertiary/aromatic N) is 3. The van der Waals surface area contributed by atoms with Crippen LogP contribution in [0.3, 0.4) is 0 Å². The maximum Gasteiger partial charge on any atom is 0.234 e. The highest BCUT2D eigenvalue weighted by Crippen LogP contribution is 2.31. The molecule has 146 valence electrons. The maximum atomic E-state index is 13.7. The molecule has 4 aromatic rings. The number of carbonyl (C=O) groups is 1. The van der Waals surface area contributed by atoms with Crippen LogP contribution in [0.5, 0.6) is 5.75 Å². The van der Waals surface area contributed by atoms with Crippen LogP contribution < -0.4 is 10.1 Å². The van der Waals surface area contributed by atoms with E-state index in [1.54, 1.807) is 36.2 Å². The molecule has 0 fully saturated rings. The van der Waals surface area contributed by atoms with Crippen LogP contribution in [-0.4, -0.2) is 33.4 Å². The fraction of sp³-hybridized carbons (Fsp3) is 0.0952. The molecule has 2 aromatic carbocycles. The number of fused-ring (bicyclic) bond motifs is 1. The van der Waals surface area contributed by atoms with Crippen LogP contribution in [0.4, 0.5) is 10.1 Å². The van der Waals surface area contributed by atoms with Gasteiger partial charge in [-0.3, -0.25) is 4.79 Å². The monoisotopic (exact) mass is 408 g/mol. The van der Waals surface area contributed by atoms with Gasteiger partial charge in [0.15, 0.2) is 0 Å². The standard InChI is InChI=1S/C21H17FN4O2S/c1-28-19-9-5-2-6-14(19)17-12-18-21(23-10-11-26(18)25-17)29-13-20(27)24-16-8-4-3-7-15(16)22/h2-12H,13H2,1H3,(H,24,27). The number of halogens is 1. The Morgan fingerprint density at radius 2 is 2.00 bits per heavy atom. The minimum Gasteiger partial charge on any atom is -0.496 e. The molecule has 1 amide bonds. The second-order valence-corrected chi connectivity index (χ2v) is 7.07. The molecule has 4 rings (SSSR count). The number of rotatable bonds is 6. The Morgan fingerprint density at radius 3 is 2.83 bits per heavy atom. The molecule has 0 bridgehead atoms. The predicted octanol–water partition coefficient (Wildman–Crippen LogP) is 4.27. The number of hydrogen-bond acceptors (Lipinski definition) is 5. The highest BCUT2D eigenvalue weighted by atomic mass is 32.2. The highest BCUT2D eigenvalue weighted by Gasteiger charge is 2.14. The largest absolute Gasteiger partial charge is 0.496 e. The van der Waals surface area contributed by atoms with Crippen molar-refractivity contribution in [1.29, 1.82) is 0 Å². The number of anilines is 1. The number of benzene rings is 2. The van der Waals surface area contributed by atoms with Crippen molar-refractivity contribution in [2.24, 2.45) is 0 Å². The molecule has 0 saturated carbocycles. The quantitative estimate of drug-likeness (QED) is 0.483. The lowest BCUT2D eigenvalue weighted by atomic mass is 10.1. The van der Waals surface area contributed by atoms with E-state index in [0.29, 0.717) is 5.03 Å². The van der Waals surface area contributed by atoms with Gasteiger partial charge in [0, 0.05) is 18.0 Å². The van der Waals surface area contributed by atoms with E-state index in [4.69, 9.17) is 4.74 Å². The Balaban J connectivity index is 1.55. The van der Waals surface area contributed by atoms with E-state index in [2.05, 4.69) is 15.4 Å². The van der Waals surface area contributed by atoms with Crippen molar-refractivity contribution >= 4 is 28.9 Å². The summed E-state index contributed by atoms with van der Waals surface area (Å²) in [6, 6.07) is 15.6. The van der Waals surface area contributed by atoms with Gasteiger partial charge in [-0.15, -0.1) is 0 Å². The van der Waals surface area contributed by atoms with Crippen molar-refractivity contribution in [2.45, 2.75) is 5.03 Å². The van der Waals surface area contributed by atoms with Crippen LogP contribution in [0.2, 0.25) is 0 Å². The first kappa shape index (κ1) is 18.9. The maximum absolute atomic E-state index is 13.7. The number of carbonyl (C=O) groups excluding carboxylic acids is 1. The summed E-state index contributed by atoms with van der Waals surface area (Å²) in [5.74, 6) is 0.0370. The molecular weight excluding hydrogens is 391 g/mol. The highest BCUT2D eigenvalue weighted by molar-refractivity contribution is 8.00. The van der Waals surface area contributed by atoms with Crippen LogP contribution in [0.15, 0.2) is 72.0 Å². The van der Waals surface area contributed by atoms with Gasteiger partial charge in [0.25, 0.3) is 0 Å². The molecule has 0 saturated heterocycles. The summed E-state index contributed by atoms with van der Waals surface area (Å²) < 4.78 is 20.8. The molecule has 0 unspecified atom stereocenters. The number of para-hydroxylation sites is 2. The lowest BCUT2D eigenvalue weighted by Crippen LogP contribution is -2.15. The van der Waals surface area contributed by atoms with E-state index in [0.717, 1.165) is 22.5 Å². The lowest BCUT2D eigenvalue weighted by Gasteiger charge is -2.06. The number of thioether (sulfide) groups is 1. The molecule has 8 heteroatoms. The van der Waals surface area contributed by atoms with Crippen LogP contribution in [0.1, 0.15) is 0 Å². The van der Waals surface area contributed by atoms with Crippen molar-refractivity contribution in [2.75, 3.05) is 18.2 Å². The third-order valence-electron chi connectivity index (χ3n) is 4.23. The van der Waals surface area contributed by atoms with Gasteiger partial charge < -0.3 is 10.1 Å². The number of hydrogen-bond donors (Lipinski definition) is 1. The van der Waals surface area contributed by atoms with Crippen molar-refractivity contribution in [3.8, 4) is 17.0 Å². The number of aromatic nitrogens is 3. The fourth-order valence-electron chi connectivity index (χ4n) is 2.88. The summed E-state index contributed by atoms with van der Waals surface area (Å²) in [5.41, 5.74) is 2.55. The Bertz CT molecular complexity index is 1180. The zero-order valence-electron chi connectivity index (χ0n) is 15.5. The molecule has 0 aliphatic rings. The number of methoxy groups -OCH3 is 1. The first-order valence-electron chi connectivity index (χ1n) is 8.80. The molecular formula is C21H17FN4O2S. The van der Waals surface area contributed by atoms with Crippen molar-refractivity contribution in [3.63, 3.8) is 0 Å². The molecule has 6 nitrogen and oxygen atoms in total. The topological polar surface area (TPSA) is 68.5 Å². The minimum atomic E-state index is -0.469. The molecule has 0 aliphatic carbocycles. The molecule has 0 atom stereocenters. The Kier molecular flexibility index (Phi) is 5.44. The van der Waals surface area contributed by atoms with Gasteiger partial charge in [0.1, 0.15) is 16.6 Å². The van der Waals surface area contributed by atoms with Gasteiger partial charge in [0.2, 0.25) is 5.91 Å². The van der Waals surface area contributed by atoms with Crippen molar-refractivity contribution in [1.82, 2.24) is 14.6 Å². The molecule has 29 heavy (non-hydrogen) atoms. The first-order valence-corrected chi connectivity index (χ1v) is 9.79. The Morgan fingerprint density at radius 1 is 1.21 bits per heavy atom. The van der Waals surface area contributed by atoms with Gasteiger partial charge >= 0.3 is 0 Å². The zero-order chi connectivity index (χ0) is 20.2. The molecule has 0 radical (unpaired) electrons. The average molecular weight is 408 g/mol. The van der Waals surface area contributed by atoms with Gasteiger partial charge in [-0.1, -0.05) is 36.0 Å². The van der Waals surface area contributed by atoms with Crippen LogP contribution in [0.25, 0.3) is 16.8 Å². The SMILES string of the molecule is COc1ccccc1-c1cc2c(SCC(=O)Nc3ccccc3F)nccn2n1. The van der Waals surface area contributed by atoms with E-state index in [1.165, 1.54) is 23.9 Å². The second kappa shape index (κ2) is 8.32. The first-order chi connectivity index (χ1) is 14.2. The summed E-state index contributed by atoms with van der Waals surface area (Å²) in [5, 5.41) is 7.82. The fourth-order valence-corrected chi connectivity index (χ4v) is 3.66. The van der Waals surface area contributed by atoms with E-state index >= 15 is 0 Å². The Labute approximate surface area is 170 Å². The predicted molar refractivity (Wildman–Crippen MR) is 111 cm³/mol. The Hall–Kier alpha value is -3.39. The summed E-state index contributed by atoms with van der Waals surface area (Å²) in [6.45, 7) is 0. The number of ether oxygens (including phenoxy) is 1. The summed E-state index contributed by atoms with van der Waals surface area (Å²) in [6.07, 6.45) is 3.38. The van der Waals surface area contributed by atoms with Crippen molar-refractivity contribution < 1.29 is 13.9 Å². The molecule has 2 heterocycles. The van der Waals surface area contributed by atoms with Crippen molar-refractivity contribution in [3.05, 3.63) is 72.8 Å². The van der Waals surface area contributed by atoms with Gasteiger partial charge in [-0.25, -0.2) is 13.9 Å². The van der Waals surface area contributed by atoms with E-state index in [9.17, 15) is 9.18 Å². The molecule has 1 N–H and O–H groups in total. The third-order valence-corrected chi connectivity index (χ3v) is 5.22. The second-order valence-electron chi connectivity index (χ2n) is 6.11. The van der Waals surface area contributed by atoms with Gasteiger partial charge in [-0.05, 0) is 30.3 Å². The van der Waals surface area contributed by atoms with Gasteiger partial charge in [-0.2, -0.15) is 5.10 Å². The van der Waals surface area contributed by atoms with E-state index in [1.807, 2.05) is 30.3 Å². The van der Waals surface area contributed by atoms with Crippen LogP contribution in [-0.2, 0) is 4.79 Å². The summed E-state index contributed by atoms with van der Waals surface area (Å²) in [4.78, 5) is 16.6. The smallest absolute Gasteiger partial charge is 0.234 e. The van der Waals surface area contributed by atoms with E-state index in [-0.39, 0.29) is 17.3 Å². The lowest BCUT2D eigenvalue weighted by molar-refractivity contribution is -0.113. The molecule has 0 aliphatic heterocycles. The summed E-state index contributed by atoms with van der Waals surface area (Å²) in [7, 11) is 1.62. The number of nitrogens with one attached hydrogen (secondary N) is 1. The van der Waals surface area contributed by atoms with Gasteiger partial charge in [0.05, 0.1) is 29.8 Å². The number of amides is 1. The molecule has 0 spiro atoms. The summed E-state index contributed by atoms with van der Waals surface area (Å²) >= 11 is 1.26. The average Bonchev–Trinajstić information content (AvgIpc) is 3.18.